The van der Waals surface area contributed by atoms with Crippen LogP contribution in [0.2, 0.25) is 0 Å². The second-order valence-corrected chi connectivity index (χ2v) is 9.42. The minimum atomic E-state index is -0.282. The van der Waals surface area contributed by atoms with E-state index >= 15 is 0 Å². The molecule has 0 saturated carbocycles. The summed E-state index contributed by atoms with van der Waals surface area (Å²) in [4.78, 5) is 18.6. The molecule has 0 spiro atoms. The van der Waals surface area contributed by atoms with Crippen LogP contribution in [0.4, 0.5) is 11.4 Å². The van der Waals surface area contributed by atoms with Crippen molar-refractivity contribution in [3.05, 3.63) is 102 Å². The molecule has 1 amide bonds. The molecule has 2 aromatic heterocycles. The standard InChI is InChI=1S/C29H20N4O2S/c30-16-20-13-19(14-22(27(20)31)26-15-18-5-1-4-8-25(18)36-26)28(34)32-21-11-9-17(10-12-21)29-33-23-6-2-3-7-24(23)35-29/h1-16,30H,31H2,(H,32,34). The number of para-hydroxylation sites is 2. The monoisotopic (exact) mass is 488 g/mol. The van der Waals surface area contributed by atoms with Crippen molar-refractivity contribution in [2.45, 2.75) is 0 Å². The lowest BCUT2D eigenvalue weighted by Crippen LogP contribution is -2.13. The molecule has 0 radical (unpaired) electrons. The lowest BCUT2D eigenvalue weighted by molar-refractivity contribution is 0.102. The Kier molecular flexibility index (Phi) is 5.32. The smallest absolute Gasteiger partial charge is 0.255 e. The highest BCUT2D eigenvalue weighted by Gasteiger charge is 2.16. The highest BCUT2D eigenvalue weighted by molar-refractivity contribution is 7.22. The van der Waals surface area contributed by atoms with Gasteiger partial charge in [0.05, 0.1) is 0 Å². The number of thiophene rings is 1. The molecule has 0 fully saturated rings. The Morgan fingerprint density at radius 2 is 1.75 bits per heavy atom. The van der Waals surface area contributed by atoms with E-state index in [9.17, 15) is 4.79 Å². The molecule has 0 aliphatic heterocycles. The minimum Gasteiger partial charge on any atom is -0.436 e. The molecule has 2 heterocycles. The molecule has 6 rings (SSSR count). The van der Waals surface area contributed by atoms with Gasteiger partial charge in [0.15, 0.2) is 5.58 Å². The van der Waals surface area contributed by atoms with E-state index in [0.29, 0.717) is 28.4 Å². The summed E-state index contributed by atoms with van der Waals surface area (Å²) in [5.74, 6) is 0.242. The van der Waals surface area contributed by atoms with E-state index in [-0.39, 0.29) is 5.91 Å². The Bertz CT molecular complexity index is 1700. The average molecular weight is 489 g/mol. The van der Waals surface area contributed by atoms with Gasteiger partial charge in [-0.15, -0.1) is 11.3 Å². The molecule has 0 bridgehead atoms. The van der Waals surface area contributed by atoms with E-state index < -0.39 is 0 Å². The van der Waals surface area contributed by atoms with Crippen molar-refractivity contribution in [2.75, 3.05) is 11.1 Å². The zero-order valence-electron chi connectivity index (χ0n) is 19.0. The van der Waals surface area contributed by atoms with Gasteiger partial charge in [-0.1, -0.05) is 30.3 Å². The minimum absolute atomic E-state index is 0.282. The van der Waals surface area contributed by atoms with Crippen molar-refractivity contribution in [2.24, 2.45) is 0 Å². The molecule has 36 heavy (non-hydrogen) atoms. The number of carbonyl (C=O) groups excluding carboxylic acids is 1. The summed E-state index contributed by atoms with van der Waals surface area (Å²) in [7, 11) is 0. The highest BCUT2D eigenvalue weighted by atomic mass is 32.1. The van der Waals surface area contributed by atoms with Crippen LogP contribution in [-0.2, 0) is 0 Å². The first kappa shape index (κ1) is 21.8. The van der Waals surface area contributed by atoms with Crippen LogP contribution in [0.25, 0.3) is 43.1 Å². The predicted octanol–water partition coefficient (Wildman–Crippen LogP) is 7.21. The third-order valence-corrected chi connectivity index (χ3v) is 7.15. The lowest BCUT2D eigenvalue weighted by atomic mass is 10.0. The molecular formula is C29H20N4O2S. The topological polar surface area (TPSA) is 105 Å². The Hall–Kier alpha value is -4.75. The van der Waals surface area contributed by atoms with Gasteiger partial charge in [-0.05, 0) is 66.0 Å². The first-order valence-electron chi connectivity index (χ1n) is 11.3. The van der Waals surface area contributed by atoms with Crippen LogP contribution in [0.15, 0.2) is 95.4 Å². The quantitative estimate of drug-likeness (QED) is 0.176. The molecule has 0 atom stereocenters. The van der Waals surface area contributed by atoms with Gasteiger partial charge in [0.1, 0.15) is 5.52 Å². The van der Waals surface area contributed by atoms with Gasteiger partial charge < -0.3 is 20.9 Å². The van der Waals surface area contributed by atoms with Crippen LogP contribution < -0.4 is 11.1 Å². The van der Waals surface area contributed by atoms with Gasteiger partial charge in [-0.3, -0.25) is 4.79 Å². The highest BCUT2D eigenvalue weighted by Crippen LogP contribution is 2.38. The van der Waals surface area contributed by atoms with Gasteiger partial charge >= 0.3 is 0 Å². The first-order valence-corrected chi connectivity index (χ1v) is 12.1. The van der Waals surface area contributed by atoms with Crippen LogP contribution in [0.3, 0.4) is 0 Å². The van der Waals surface area contributed by atoms with Gasteiger partial charge in [0.2, 0.25) is 5.89 Å². The molecule has 4 aromatic carbocycles. The summed E-state index contributed by atoms with van der Waals surface area (Å²) in [6.07, 6.45) is 1.18. The van der Waals surface area contributed by atoms with Gasteiger partial charge in [0, 0.05) is 49.4 Å². The second-order valence-electron chi connectivity index (χ2n) is 8.34. The summed E-state index contributed by atoms with van der Waals surface area (Å²) in [5.41, 5.74) is 11.5. The number of nitrogen functional groups attached to an aromatic ring is 1. The number of amides is 1. The van der Waals surface area contributed by atoms with E-state index in [2.05, 4.69) is 22.4 Å². The lowest BCUT2D eigenvalue weighted by Gasteiger charge is -2.11. The van der Waals surface area contributed by atoms with Crippen LogP contribution in [0.1, 0.15) is 15.9 Å². The number of fused-ring (bicyclic) bond motifs is 2. The maximum Gasteiger partial charge on any atom is 0.255 e. The molecule has 0 saturated heterocycles. The summed E-state index contributed by atoms with van der Waals surface area (Å²) < 4.78 is 6.96. The number of nitrogens with two attached hydrogens (primary N) is 1. The van der Waals surface area contributed by atoms with E-state index in [0.717, 1.165) is 37.2 Å². The number of carbonyl (C=O) groups is 1. The number of nitrogens with zero attached hydrogens (tertiary/aromatic N) is 1. The number of oxazole rings is 1. The molecule has 6 nitrogen and oxygen atoms in total. The normalized spacial score (nSPS) is 11.1. The molecule has 0 unspecified atom stereocenters. The Labute approximate surface area is 210 Å². The number of aromatic nitrogens is 1. The fraction of sp³-hybridized carbons (Fsp3) is 0. The van der Waals surface area contributed by atoms with Crippen LogP contribution in [0.5, 0.6) is 0 Å². The van der Waals surface area contributed by atoms with Crippen molar-refractivity contribution in [3.63, 3.8) is 0 Å². The fourth-order valence-electron chi connectivity index (χ4n) is 4.14. The molecule has 0 aliphatic carbocycles. The van der Waals surface area contributed by atoms with Gasteiger partial charge in [-0.2, -0.15) is 0 Å². The summed E-state index contributed by atoms with van der Waals surface area (Å²) in [6, 6.07) is 28.5. The predicted molar refractivity (Wildman–Crippen MR) is 147 cm³/mol. The van der Waals surface area contributed by atoms with Gasteiger partial charge in [0.25, 0.3) is 5.91 Å². The van der Waals surface area contributed by atoms with E-state index in [4.69, 9.17) is 15.6 Å². The zero-order chi connectivity index (χ0) is 24.6. The molecule has 4 N–H and O–H groups in total. The number of hydrogen-bond donors (Lipinski definition) is 3. The molecule has 174 valence electrons. The third kappa shape index (κ3) is 3.91. The Morgan fingerprint density at radius 3 is 2.53 bits per heavy atom. The SMILES string of the molecule is N=Cc1cc(C(=O)Nc2ccc(-c3nc4ccccc4o3)cc2)cc(-c2cc3ccccc3s2)c1N. The summed E-state index contributed by atoms with van der Waals surface area (Å²) >= 11 is 1.61. The number of benzene rings is 4. The third-order valence-electron chi connectivity index (χ3n) is 6.00. The maximum absolute atomic E-state index is 13.2. The number of hydrogen-bond acceptors (Lipinski definition) is 6. The van der Waals surface area contributed by atoms with Crippen LogP contribution in [0, 0.1) is 5.41 Å². The van der Waals surface area contributed by atoms with Crippen LogP contribution >= 0.6 is 11.3 Å². The second kappa shape index (κ2) is 8.79. The van der Waals surface area contributed by atoms with Crippen molar-refractivity contribution in [1.29, 1.82) is 5.41 Å². The zero-order valence-corrected chi connectivity index (χ0v) is 19.8. The Morgan fingerprint density at radius 1 is 0.972 bits per heavy atom. The maximum atomic E-state index is 13.2. The first-order chi connectivity index (χ1) is 17.6. The molecule has 7 heteroatoms. The van der Waals surface area contributed by atoms with Crippen LogP contribution in [-0.4, -0.2) is 17.1 Å². The number of rotatable bonds is 5. The average Bonchev–Trinajstić information content (AvgIpc) is 3.53. The molecule has 0 aliphatic rings. The molecule has 6 aromatic rings. The molecular weight excluding hydrogens is 468 g/mol. The Balaban J connectivity index is 1.29. The van der Waals surface area contributed by atoms with E-state index in [1.165, 1.54) is 6.21 Å². The summed E-state index contributed by atoms with van der Waals surface area (Å²) in [6.45, 7) is 0. The number of anilines is 2. The van der Waals surface area contributed by atoms with Gasteiger partial charge in [-0.25, -0.2) is 4.98 Å². The largest absolute Gasteiger partial charge is 0.436 e. The van der Waals surface area contributed by atoms with Crippen molar-refractivity contribution in [3.8, 4) is 21.9 Å². The fourth-order valence-corrected chi connectivity index (χ4v) is 5.23. The van der Waals surface area contributed by atoms with Crippen molar-refractivity contribution in [1.82, 2.24) is 4.98 Å². The summed E-state index contributed by atoms with van der Waals surface area (Å²) in [5, 5.41) is 11.9. The van der Waals surface area contributed by atoms with Crippen molar-refractivity contribution >= 4 is 56.0 Å². The van der Waals surface area contributed by atoms with E-state index in [1.54, 1.807) is 23.5 Å². The van der Waals surface area contributed by atoms with E-state index in [1.807, 2.05) is 66.7 Å². The number of nitrogens with one attached hydrogen (secondary N) is 2. The van der Waals surface area contributed by atoms with Crippen molar-refractivity contribution < 1.29 is 9.21 Å².